The van der Waals surface area contributed by atoms with E-state index in [4.69, 9.17) is 0 Å². The molecule has 1 heterocycles. The van der Waals surface area contributed by atoms with Gasteiger partial charge < -0.3 is 5.32 Å². The predicted octanol–water partition coefficient (Wildman–Crippen LogP) is 3.55. The molecule has 0 bridgehead atoms. The highest BCUT2D eigenvalue weighted by Crippen LogP contribution is 2.26. The molecular formula is C22H26N2O4S. The van der Waals surface area contributed by atoms with Crippen LogP contribution in [0.4, 0.5) is 5.69 Å². The Bertz CT molecular complexity index is 1020. The van der Waals surface area contributed by atoms with Gasteiger partial charge in [0.15, 0.2) is 5.78 Å². The molecule has 0 radical (unpaired) electrons. The van der Waals surface area contributed by atoms with Crippen LogP contribution in [0.1, 0.15) is 41.3 Å². The number of nitrogens with zero attached hydrogens (tertiary/aromatic N) is 1. The molecule has 0 saturated carbocycles. The highest BCUT2D eigenvalue weighted by atomic mass is 32.2. The Hall–Kier alpha value is -2.51. The zero-order chi connectivity index (χ0) is 21.2. The molecule has 0 spiro atoms. The van der Waals surface area contributed by atoms with Gasteiger partial charge in [-0.1, -0.05) is 29.8 Å². The van der Waals surface area contributed by atoms with Gasteiger partial charge in [0.05, 0.1) is 4.90 Å². The first kappa shape index (κ1) is 21.2. The fourth-order valence-electron chi connectivity index (χ4n) is 3.56. The van der Waals surface area contributed by atoms with E-state index in [0.717, 1.165) is 16.8 Å². The summed E-state index contributed by atoms with van der Waals surface area (Å²) in [6.45, 7) is 5.98. The number of ketones is 1. The monoisotopic (exact) mass is 414 g/mol. The quantitative estimate of drug-likeness (QED) is 0.759. The van der Waals surface area contributed by atoms with Crippen LogP contribution in [0.15, 0.2) is 47.4 Å². The minimum absolute atomic E-state index is 0.0696. The number of sulfonamides is 1. The summed E-state index contributed by atoms with van der Waals surface area (Å²) in [5, 5.41) is 2.97. The van der Waals surface area contributed by atoms with E-state index >= 15 is 0 Å². The zero-order valence-corrected chi connectivity index (χ0v) is 17.8. The summed E-state index contributed by atoms with van der Waals surface area (Å²) in [4.78, 5) is 24.2. The van der Waals surface area contributed by atoms with Crippen molar-refractivity contribution >= 4 is 27.4 Å². The number of nitrogens with one attached hydrogen (secondary N) is 1. The minimum atomic E-state index is -3.63. The number of aryl methyl sites for hydroxylation is 2. The lowest BCUT2D eigenvalue weighted by molar-refractivity contribution is -0.120. The lowest BCUT2D eigenvalue weighted by Crippen LogP contribution is -2.41. The third-order valence-electron chi connectivity index (χ3n) is 5.36. The second kappa shape index (κ2) is 8.47. The van der Waals surface area contributed by atoms with E-state index in [9.17, 15) is 18.0 Å². The molecule has 1 aliphatic heterocycles. The third-order valence-corrected chi connectivity index (χ3v) is 7.28. The van der Waals surface area contributed by atoms with Gasteiger partial charge >= 0.3 is 0 Å². The Kier molecular flexibility index (Phi) is 6.19. The standard InChI is InChI=1S/C22H26N2O4S/c1-15-4-9-21(16(2)14-15)23-22(26)19-10-12-24(13-11-19)29(27,28)20-7-5-18(6-8-20)17(3)25/h4-9,14,19H,10-13H2,1-3H3,(H,23,26). The van der Waals surface area contributed by atoms with Gasteiger partial charge in [0.2, 0.25) is 15.9 Å². The van der Waals surface area contributed by atoms with E-state index in [-0.39, 0.29) is 22.5 Å². The largest absolute Gasteiger partial charge is 0.326 e. The van der Waals surface area contributed by atoms with E-state index in [1.165, 1.54) is 35.5 Å². The van der Waals surface area contributed by atoms with Crippen molar-refractivity contribution in [2.24, 2.45) is 5.92 Å². The summed E-state index contributed by atoms with van der Waals surface area (Å²) < 4.78 is 27.1. The van der Waals surface area contributed by atoms with Gasteiger partial charge in [0.1, 0.15) is 0 Å². The van der Waals surface area contributed by atoms with Crippen molar-refractivity contribution in [2.75, 3.05) is 18.4 Å². The molecule has 1 N–H and O–H groups in total. The molecule has 29 heavy (non-hydrogen) atoms. The molecular weight excluding hydrogens is 388 g/mol. The third kappa shape index (κ3) is 4.74. The first-order chi connectivity index (χ1) is 13.7. The number of hydrogen-bond acceptors (Lipinski definition) is 4. The van der Waals surface area contributed by atoms with Crippen LogP contribution in [0, 0.1) is 19.8 Å². The van der Waals surface area contributed by atoms with E-state index in [1.54, 1.807) is 0 Å². The summed E-state index contributed by atoms with van der Waals surface area (Å²) in [5.41, 5.74) is 3.41. The van der Waals surface area contributed by atoms with Crippen molar-refractivity contribution in [3.8, 4) is 0 Å². The van der Waals surface area contributed by atoms with Crippen molar-refractivity contribution in [3.63, 3.8) is 0 Å². The van der Waals surface area contributed by atoms with Crippen LogP contribution in [0.3, 0.4) is 0 Å². The molecule has 1 amide bonds. The first-order valence-electron chi connectivity index (χ1n) is 9.68. The molecule has 1 saturated heterocycles. The maximum Gasteiger partial charge on any atom is 0.243 e. The van der Waals surface area contributed by atoms with Crippen LogP contribution in [0.25, 0.3) is 0 Å². The molecule has 0 aliphatic carbocycles. The molecule has 3 rings (SSSR count). The summed E-state index contributed by atoms with van der Waals surface area (Å²) in [6.07, 6.45) is 0.947. The summed E-state index contributed by atoms with van der Waals surface area (Å²) in [7, 11) is -3.63. The highest BCUT2D eigenvalue weighted by Gasteiger charge is 2.32. The number of benzene rings is 2. The number of Topliss-reactive ketones (excluding diaryl/α,β-unsaturated/α-hetero) is 1. The van der Waals surface area contributed by atoms with Crippen LogP contribution in [-0.2, 0) is 14.8 Å². The fourth-order valence-corrected chi connectivity index (χ4v) is 5.03. The number of anilines is 1. The summed E-state index contributed by atoms with van der Waals surface area (Å²) >= 11 is 0. The normalized spacial score (nSPS) is 15.8. The lowest BCUT2D eigenvalue weighted by atomic mass is 9.97. The lowest BCUT2D eigenvalue weighted by Gasteiger charge is -2.30. The average Bonchev–Trinajstić information content (AvgIpc) is 2.70. The van der Waals surface area contributed by atoms with E-state index in [0.29, 0.717) is 31.5 Å². The van der Waals surface area contributed by atoms with Gasteiger partial charge in [-0.3, -0.25) is 9.59 Å². The molecule has 6 nitrogen and oxygen atoms in total. The van der Waals surface area contributed by atoms with Crippen molar-refractivity contribution in [3.05, 3.63) is 59.2 Å². The maximum absolute atomic E-state index is 12.9. The molecule has 0 unspecified atom stereocenters. The van der Waals surface area contributed by atoms with Gasteiger partial charge in [0, 0.05) is 30.3 Å². The molecule has 1 aliphatic rings. The number of hydrogen-bond donors (Lipinski definition) is 1. The molecule has 154 valence electrons. The fraction of sp³-hybridized carbons (Fsp3) is 0.364. The van der Waals surface area contributed by atoms with Crippen molar-refractivity contribution in [1.82, 2.24) is 4.31 Å². The SMILES string of the molecule is CC(=O)c1ccc(S(=O)(=O)N2CCC(C(=O)Nc3ccc(C)cc3C)CC2)cc1. The van der Waals surface area contributed by atoms with Gasteiger partial charge in [-0.15, -0.1) is 0 Å². The Morgan fingerprint density at radius 1 is 1.00 bits per heavy atom. The highest BCUT2D eigenvalue weighted by molar-refractivity contribution is 7.89. The summed E-state index contributed by atoms with van der Waals surface area (Å²) in [6, 6.07) is 11.8. The molecule has 0 atom stereocenters. The Labute approximate surface area is 172 Å². The van der Waals surface area contributed by atoms with Gasteiger partial charge in [-0.2, -0.15) is 4.31 Å². The molecule has 2 aromatic rings. The summed E-state index contributed by atoms with van der Waals surface area (Å²) in [5.74, 6) is -0.397. The van der Waals surface area contributed by atoms with Crippen LogP contribution >= 0.6 is 0 Å². The van der Waals surface area contributed by atoms with Crippen LogP contribution in [-0.4, -0.2) is 37.5 Å². The number of carbonyl (C=O) groups excluding carboxylic acids is 2. The van der Waals surface area contributed by atoms with E-state index < -0.39 is 10.0 Å². The molecule has 1 fully saturated rings. The zero-order valence-electron chi connectivity index (χ0n) is 16.9. The number of piperidine rings is 1. The minimum Gasteiger partial charge on any atom is -0.326 e. The second-order valence-corrected chi connectivity index (χ2v) is 9.50. The predicted molar refractivity (Wildman–Crippen MR) is 112 cm³/mol. The van der Waals surface area contributed by atoms with Crippen LogP contribution < -0.4 is 5.32 Å². The first-order valence-corrected chi connectivity index (χ1v) is 11.1. The molecule has 0 aromatic heterocycles. The topological polar surface area (TPSA) is 83.6 Å². The number of rotatable bonds is 5. The average molecular weight is 415 g/mol. The smallest absolute Gasteiger partial charge is 0.243 e. The van der Waals surface area contributed by atoms with E-state index in [2.05, 4.69) is 5.32 Å². The van der Waals surface area contributed by atoms with E-state index in [1.807, 2.05) is 32.0 Å². The van der Waals surface area contributed by atoms with Gasteiger partial charge in [0.25, 0.3) is 0 Å². The van der Waals surface area contributed by atoms with Crippen molar-refractivity contribution < 1.29 is 18.0 Å². The van der Waals surface area contributed by atoms with Crippen molar-refractivity contribution in [2.45, 2.75) is 38.5 Å². The van der Waals surface area contributed by atoms with Crippen molar-refractivity contribution in [1.29, 1.82) is 0 Å². The van der Waals surface area contributed by atoms with Crippen LogP contribution in [0.2, 0.25) is 0 Å². The second-order valence-electron chi connectivity index (χ2n) is 7.57. The Morgan fingerprint density at radius 2 is 1.62 bits per heavy atom. The Morgan fingerprint density at radius 3 is 2.17 bits per heavy atom. The number of carbonyl (C=O) groups is 2. The molecule has 2 aromatic carbocycles. The maximum atomic E-state index is 12.9. The van der Waals surface area contributed by atoms with Gasteiger partial charge in [-0.25, -0.2) is 8.42 Å². The Balaban J connectivity index is 1.63. The molecule has 7 heteroatoms. The van der Waals surface area contributed by atoms with Crippen LogP contribution in [0.5, 0.6) is 0 Å². The van der Waals surface area contributed by atoms with Gasteiger partial charge in [-0.05, 0) is 57.4 Å². The number of amides is 1.